The highest BCUT2D eigenvalue weighted by Gasteiger charge is 2.20. The summed E-state index contributed by atoms with van der Waals surface area (Å²) in [6.45, 7) is 4.00. The fourth-order valence-corrected chi connectivity index (χ4v) is 3.60. The molecular formula is C20H26FN5OS. The highest BCUT2D eigenvalue weighted by atomic mass is 32.1. The summed E-state index contributed by atoms with van der Waals surface area (Å²) in [5.74, 6) is 0.503. The first-order valence-electron chi connectivity index (χ1n) is 9.29. The molecule has 1 aliphatic heterocycles. The van der Waals surface area contributed by atoms with Gasteiger partial charge in [-0.1, -0.05) is 6.07 Å². The van der Waals surface area contributed by atoms with Crippen molar-refractivity contribution >= 4 is 28.9 Å². The second-order valence-electron chi connectivity index (χ2n) is 6.81. The quantitative estimate of drug-likeness (QED) is 0.615. The first-order valence-corrected chi connectivity index (χ1v) is 10.2. The Morgan fingerprint density at radius 3 is 2.50 bits per heavy atom. The van der Waals surface area contributed by atoms with Gasteiger partial charge in [-0.25, -0.2) is 9.38 Å². The number of thiophene rings is 1. The fourth-order valence-electron chi connectivity index (χ4n) is 2.96. The van der Waals surface area contributed by atoms with Crippen LogP contribution in [0.4, 0.5) is 10.1 Å². The molecular weight excluding hydrogens is 377 g/mol. The second kappa shape index (κ2) is 9.54. The molecule has 0 atom stereocenters. The van der Waals surface area contributed by atoms with E-state index in [-0.39, 0.29) is 18.3 Å². The molecule has 150 valence electrons. The van der Waals surface area contributed by atoms with Crippen LogP contribution in [0.1, 0.15) is 4.88 Å². The molecule has 0 bridgehead atoms. The standard InChI is InChI=1S/C20H26FN5OS/c1-24(2)19(27)15-23-20(22-14-18-4-3-13-28-18)26-11-9-25(10-12-26)17-7-5-16(21)6-8-17/h3-8,13H,9-12,14-15H2,1-2H3,(H,22,23). The zero-order chi connectivity index (χ0) is 19.9. The molecule has 1 saturated heterocycles. The van der Waals surface area contributed by atoms with Crippen molar-refractivity contribution in [3.63, 3.8) is 0 Å². The predicted octanol–water partition coefficient (Wildman–Crippen LogP) is 2.24. The maximum atomic E-state index is 13.1. The van der Waals surface area contributed by atoms with Gasteiger partial charge in [-0.2, -0.15) is 0 Å². The number of benzene rings is 1. The third-order valence-corrected chi connectivity index (χ3v) is 5.51. The van der Waals surface area contributed by atoms with Gasteiger partial charge >= 0.3 is 0 Å². The van der Waals surface area contributed by atoms with Crippen LogP contribution in [0.3, 0.4) is 0 Å². The number of hydrogen-bond donors (Lipinski definition) is 1. The zero-order valence-corrected chi connectivity index (χ0v) is 17.1. The number of nitrogens with zero attached hydrogens (tertiary/aromatic N) is 4. The lowest BCUT2D eigenvalue weighted by atomic mass is 10.2. The second-order valence-corrected chi connectivity index (χ2v) is 7.84. The Kier molecular flexibility index (Phi) is 6.86. The van der Waals surface area contributed by atoms with E-state index in [1.807, 2.05) is 23.6 Å². The molecule has 2 heterocycles. The topological polar surface area (TPSA) is 51.2 Å². The smallest absolute Gasteiger partial charge is 0.243 e. The number of carbonyl (C=O) groups excluding carboxylic acids is 1. The van der Waals surface area contributed by atoms with E-state index in [1.54, 1.807) is 30.3 Å². The summed E-state index contributed by atoms with van der Waals surface area (Å²) in [4.78, 5) is 23.7. The van der Waals surface area contributed by atoms with E-state index in [4.69, 9.17) is 0 Å². The first-order chi connectivity index (χ1) is 13.5. The van der Waals surface area contributed by atoms with Crippen LogP contribution in [0.2, 0.25) is 0 Å². The van der Waals surface area contributed by atoms with E-state index >= 15 is 0 Å². The maximum Gasteiger partial charge on any atom is 0.243 e. The Hall–Kier alpha value is -2.61. The van der Waals surface area contributed by atoms with Crippen molar-refractivity contribution in [2.45, 2.75) is 6.54 Å². The Morgan fingerprint density at radius 1 is 1.18 bits per heavy atom. The molecule has 1 N–H and O–H groups in total. The number of amides is 1. The molecule has 3 rings (SSSR count). The van der Waals surface area contributed by atoms with Gasteiger partial charge in [0.2, 0.25) is 5.91 Å². The van der Waals surface area contributed by atoms with Gasteiger partial charge < -0.3 is 20.0 Å². The lowest BCUT2D eigenvalue weighted by Crippen LogP contribution is -2.52. The lowest BCUT2D eigenvalue weighted by Gasteiger charge is -2.37. The fraction of sp³-hybridized carbons (Fsp3) is 0.400. The molecule has 8 heteroatoms. The average molecular weight is 404 g/mol. The molecule has 1 fully saturated rings. The number of guanidine groups is 1. The summed E-state index contributed by atoms with van der Waals surface area (Å²) in [5.41, 5.74) is 1.02. The van der Waals surface area contributed by atoms with E-state index in [2.05, 4.69) is 26.2 Å². The van der Waals surface area contributed by atoms with Crippen molar-refractivity contribution in [2.75, 3.05) is 51.7 Å². The first kappa shape index (κ1) is 20.1. The third kappa shape index (κ3) is 5.45. The van der Waals surface area contributed by atoms with Crippen LogP contribution in [0, 0.1) is 5.82 Å². The number of anilines is 1. The zero-order valence-electron chi connectivity index (χ0n) is 16.3. The van der Waals surface area contributed by atoms with E-state index in [0.29, 0.717) is 6.54 Å². The summed E-state index contributed by atoms with van der Waals surface area (Å²) in [6, 6.07) is 10.7. The van der Waals surface area contributed by atoms with Gasteiger partial charge in [0, 0.05) is 50.8 Å². The average Bonchev–Trinajstić information content (AvgIpc) is 3.22. The molecule has 2 aromatic rings. The minimum absolute atomic E-state index is 0.0274. The number of likely N-dealkylation sites (N-methyl/N-ethyl adjacent to an activating group) is 1. The number of nitrogens with one attached hydrogen (secondary N) is 1. The normalized spacial score (nSPS) is 14.9. The van der Waals surface area contributed by atoms with Crippen LogP contribution in [-0.4, -0.2) is 68.5 Å². The predicted molar refractivity (Wildman–Crippen MR) is 112 cm³/mol. The van der Waals surface area contributed by atoms with E-state index in [0.717, 1.165) is 37.8 Å². The minimum atomic E-state index is -0.222. The van der Waals surface area contributed by atoms with Gasteiger partial charge in [0.25, 0.3) is 0 Å². The van der Waals surface area contributed by atoms with Gasteiger partial charge in [-0.05, 0) is 35.7 Å². The van der Waals surface area contributed by atoms with Crippen molar-refractivity contribution in [3.8, 4) is 0 Å². The molecule has 0 saturated carbocycles. The summed E-state index contributed by atoms with van der Waals surface area (Å²) in [7, 11) is 3.47. The SMILES string of the molecule is CN(C)C(=O)CN=C(NCc1cccs1)N1CCN(c2ccc(F)cc2)CC1. The molecule has 0 unspecified atom stereocenters. The van der Waals surface area contributed by atoms with Crippen LogP contribution in [0.25, 0.3) is 0 Å². The van der Waals surface area contributed by atoms with Gasteiger partial charge in [-0.15, -0.1) is 11.3 Å². The summed E-state index contributed by atoms with van der Waals surface area (Å²) < 4.78 is 13.1. The van der Waals surface area contributed by atoms with Gasteiger partial charge in [0.15, 0.2) is 5.96 Å². The van der Waals surface area contributed by atoms with Gasteiger partial charge in [0.1, 0.15) is 12.4 Å². The molecule has 1 aromatic heterocycles. The molecule has 0 radical (unpaired) electrons. The van der Waals surface area contributed by atoms with E-state index in [1.165, 1.54) is 17.0 Å². The Morgan fingerprint density at radius 2 is 1.89 bits per heavy atom. The van der Waals surface area contributed by atoms with Crippen LogP contribution < -0.4 is 10.2 Å². The van der Waals surface area contributed by atoms with Crippen molar-refractivity contribution < 1.29 is 9.18 Å². The monoisotopic (exact) mass is 403 g/mol. The molecule has 0 spiro atoms. The Balaban J connectivity index is 1.63. The van der Waals surface area contributed by atoms with Crippen molar-refractivity contribution in [1.29, 1.82) is 0 Å². The van der Waals surface area contributed by atoms with Gasteiger partial charge in [0.05, 0.1) is 6.54 Å². The van der Waals surface area contributed by atoms with Crippen LogP contribution >= 0.6 is 11.3 Å². The Labute approximate surface area is 169 Å². The number of halogens is 1. The van der Waals surface area contributed by atoms with Crippen LogP contribution in [0.5, 0.6) is 0 Å². The minimum Gasteiger partial charge on any atom is -0.368 e. The van der Waals surface area contributed by atoms with Crippen LogP contribution in [0.15, 0.2) is 46.8 Å². The largest absolute Gasteiger partial charge is 0.368 e. The third-order valence-electron chi connectivity index (χ3n) is 4.63. The highest BCUT2D eigenvalue weighted by Crippen LogP contribution is 2.17. The summed E-state index contributed by atoms with van der Waals surface area (Å²) in [5, 5.41) is 5.44. The molecule has 1 amide bonds. The van der Waals surface area contributed by atoms with Crippen molar-refractivity contribution in [1.82, 2.24) is 15.1 Å². The maximum absolute atomic E-state index is 13.1. The molecule has 0 aliphatic carbocycles. The summed E-state index contributed by atoms with van der Waals surface area (Å²) >= 11 is 1.69. The molecule has 28 heavy (non-hydrogen) atoms. The highest BCUT2D eigenvalue weighted by molar-refractivity contribution is 7.09. The van der Waals surface area contributed by atoms with Crippen molar-refractivity contribution in [3.05, 3.63) is 52.5 Å². The lowest BCUT2D eigenvalue weighted by molar-refractivity contribution is -0.127. The molecule has 1 aliphatic rings. The summed E-state index contributed by atoms with van der Waals surface area (Å²) in [6.07, 6.45) is 0. The number of carbonyl (C=O) groups is 1. The Bertz CT molecular complexity index is 783. The number of rotatable bonds is 5. The van der Waals surface area contributed by atoms with Crippen LogP contribution in [-0.2, 0) is 11.3 Å². The molecule has 6 nitrogen and oxygen atoms in total. The van der Waals surface area contributed by atoms with E-state index < -0.39 is 0 Å². The van der Waals surface area contributed by atoms with Crippen molar-refractivity contribution in [2.24, 2.45) is 4.99 Å². The number of aliphatic imine (C=N–C) groups is 1. The van der Waals surface area contributed by atoms with Gasteiger partial charge in [-0.3, -0.25) is 4.79 Å². The van der Waals surface area contributed by atoms with E-state index in [9.17, 15) is 9.18 Å². The number of hydrogen-bond acceptors (Lipinski definition) is 4. The number of piperazine rings is 1. The molecule has 1 aromatic carbocycles.